The van der Waals surface area contributed by atoms with Gasteiger partial charge in [0.15, 0.2) is 5.60 Å². The molecule has 0 aromatic heterocycles. The zero-order valence-corrected chi connectivity index (χ0v) is 20.1. The Morgan fingerprint density at radius 1 is 0.645 bits per heavy atom. The molecule has 0 fully saturated rings. The molecule has 7 heteroatoms. The number of rotatable bonds is 22. The van der Waals surface area contributed by atoms with Gasteiger partial charge in [-0.1, -0.05) is 78.6 Å². The van der Waals surface area contributed by atoms with E-state index < -0.39 is 24.0 Å². The fraction of sp³-hybridized carbons (Fsp3) is 0.917. The van der Waals surface area contributed by atoms with Gasteiger partial charge in [-0.2, -0.15) is 0 Å². The smallest absolute Gasteiger partial charge is 0.338 e. The van der Waals surface area contributed by atoms with Crippen LogP contribution in [0, 0.1) is 0 Å². The van der Waals surface area contributed by atoms with E-state index in [4.69, 9.17) is 19.2 Å². The number of carbonyl (C=O) groups excluding carboxylic acids is 2. The molecule has 0 aliphatic heterocycles. The van der Waals surface area contributed by atoms with Crippen molar-refractivity contribution in [3.63, 3.8) is 0 Å². The van der Waals surface area contributed by atoms with Gasteiger partial charge in [-0.25, -0.2) is 14.6 Å². The first-order valence-corrected chi connectivity index (χ1v) is 12.3. The van der Waals surface area contributed by atoms with Gasteiger partial charge in [-0.05, 0) is 19.3 Å². The summed E-state index contributed by atoms with van der Waals surface area (Å²) in [5, 5.41) is 10.9. The van der Waals surface area contributed by atoms with Crippen molar-refractivity contribution in [2.24, 2.45) is 0 Å². The average Bonchev–Trinajstić information content (AvgIpc) is 2.75. The van der Waals surface area contributed by atoms with Crippen LogP contribution in [0.2, 0.25) is 0 Å². The van der Waals surface area contributed by atoms with Crippen molar-refractivity contribution in [2.75, 3.05) is 26.4 Å². The van der Waals surface area contributed by atoms with Crippen LogP contribution in [0.3, 0.4) is 0 Å². The van der Waals surface area contributed by atoms with Crippen LogP contribution in [0.25, 0.3) is 0 Å². The highest BCUT2D eigenvalue weighted by atomic mass is 17.2. The Labute approximate surface area is 189 Å². The Hall–Kier alpha value is -1.18. The highest BCUT2D eigenvalue weighted by Gasteiger charge is 2.40. The van der Waals surface area contributed by atoms with Crippen molar-refractivity contribution in [1.82, 2.24) is 0 Å². The summed E-state index contributed by atoms with van der Waals surface area (Å²) in [6.45, 7) is 7.30. The molecule has 0 aliphatic rings. The van der Waals surface area contributed by atoms with Gasteiger partial charge in [0, 0.05) is 6.42 Å². The predicted octanol–water partition coefficient (Wildman–Crippen LogP) is 5.27. The minimum absolute atomic E-state index is 0.0149. The molecule has 0 saturated carbocycles. The first kappa shape index (κ1) is 29.8. The van der Waals surface area contributed by atoms with Gasteiger partial charge in [-0.15, -0.1) is 0 Å². The van der Waals surface area contributed by atoms with Gasteiger partial charge in [0.2, 0.25) is 0 Å². The van der Waals surface area contributed by atoms with Crippen LogP contribution in [0.5, 0.6) is 0 Å². The maximum atomic E-state index is 12.5. The summed E-state index contributed by atoms with van der Waals surface area (Å²) in [5.41, 5.74) is -1.98. The predicted molar refractivity (Wildman–Crippen MR) is 120 cm³/mol. The fourth-order valence-corrected chi connectivity index (χ4v) is 3.01. The van der Waals surface area contributed by atoms with E-state index in [-0.39, 0.29) is 19.6 Å². The van der Waals surface area contributed by atoms with Crippen LogP contribution >= 0.6 is 0 Å². The number of hydrogen-bond acceptors (Lipinski definition) is 7. The maximum Gasteiger partial charge on any atom is 0.338 e. The molecule has 1 unspecified atom stereocenters. The topological polar surface area (TPSA) is 91.3 Å². The van der Waals surface area contributed by atoms with Crippen LogP contribution in [0.4, 0.5) is 0 Å². The molecule has 0 bridgehead atoms. The highest BCUT2D eigenvalue weighted by Crippen LogP contribution is 2.20. The minimum Gasteiger partial charge on any atom is -0.466 e. The second kappa shape index (κ2) is 20.7. The van der Waals surface area contributed by atoms with Crippen LogP contribution in [0.15, 0.2) is 0 Å². The number of carbonyl (C=O) groups is 2. The lowest BCUT2D eigenvalue weighted by molar-refractivity contribution is -0.299. The summed E-state index contributed by atoms with van der Waals surface area (Å²) in [6, 6.07) is 0. The Morgan fingerprint density at radius 2 is 1.13 bits per heavy atom. The number of unbranched alkanes of at least 4 members (excludes halogenated alkanes) is 9. The quantitative estimate of drug-likeness (QED) is 0.105. The largest absolute Gasteiger partial charge is 0.466 e. The first-order valence-electron chi connectivity index (χ1n) is 12.3. The molecule has 0 saturated heterocycles. The van der Waals surface area contributed by atoms with E-state index in [0.29, 0.717) is 13.2 Å². The average molecular weight is 447 g/mol. The van der Waals surface area contributed by atoms with Gasteiger partial charge >= 0.3 is 11.9 Å². The molecule has 0 aromatic carbocycles. The second-order valence-corrected chi connectivity index (χ2v) is 8.14. The first-order chi connectivity index (χ1) is 15.0. The van der Waals surface area contributed by atoms with Gasteiger partial charge < -0.3 is 14.6 Å². The molecule has 0 rings (SSSR count). The van der Waals surface area contributed by atoms with Crippen LogP contribution in [-0.4, -0.2) is 49.1 Å². The molecule has 0 amide bonds. The van der Waals surface area contributed by atoms with Crippen molar-refractivity contribution >= 4 is 11.9 Å². The normalized spacial score (nSPS) is 13.0. The Morgan fingerprint density at radius 3 is 1.68 bits per heavy atom. The SMILES string of the molecule is CCCCCCOOCCC(O)(CC(=O)OCCCCCC)C(=O)OCCCCCC. The summed E-state index contributed by atoms with van der Waals surface area (Å²) < 4.78 is 10.4. The molecule has 31 heavy (non-hydrogen) atoms. The van der Waals surface area contributed by atoms with Gasteiger partial charge in [0.05, 0.1) is 32.8 Å². The molecule has 1 atom stereocenters. The molecular formula is C24H46O7. The highest BCUT2D eigenvalue weighted by molar-refractivity contribution is 5.85. The van der Waals surface area contributed by atoms with E-state index in [9.17, 15) is 14.7 Å². The lowest BCUT2D eigenvalue weighted by Gasteiger charge is -2.25. The molecule has 0 heterocycles. The number of hydrogen-bond donors (Lipinski definition) is 1. The lowest BCUT2D eigenvalue weighted by atomic mass is 9.96. The lowest BCUT2D eigenvalue weighted by Crippen LogP contribution is -2.43. The zero-order valence-electron chi connectivity index (χ0n) is 20.1. The number of ether oxygens (including phenoxy) is 2. The third-order valence-electron chi connectivity index (χ3n) is 5.07. The second-order valence-electron chi connectivity index (χ2n) is 8.14. The summed E-state index contributed by atoms with van der Waals surface area (Å²) in [6.07, 6.45) is 11.5. The number of aliphatic hydroxyl groups is 1. The van der Waals surface area contributed by atoms with Crippen LogP contribution in [-0.2, 0) is 28.8 Å². The third kappa shape index (κ3) is 17.1. The third-order valence-corrected chi connectivity index (χ3v) is 5.07. The monoisotopic (exact) mass is 446 g/mol. The van der Waals surface area contributed by atoms with E-state index in [0.717, 1.165) is 77.0 Å². The molecule has 0 radical (unpaired) electrons. The fourth-order valence-electron chi connectivity index (χ4n) is 3.01. The van der Waals surface area contributed by atoms with E-state index in [2.05, 4.69) is 20.8 Å². The molecule has 1 N–H and O–H groups in total. The van der Waals surface area contributed by atoms with E-state index in [1.54, 1.807) is 0 Å². The van der Waals surface area contributed by atoms with Crippen LogP contribution < -0.4 is 0 Å². The van der Waals surface area contributed by atoms with Crippen molar-refractivity contribution in [1.29, 1.82) is 0 Å². The van der Waals surface area contributed by atoms with E-state index >= 15 is 0 Å². The Kier molecular flexibility index (Phi) is 19.9. The summed E-state index contributed by atoms with van der Waals surface area (Å²) in [5.74, 6) is -1.42. The Balaban J connectivity index is 4.47. The van der Waals surface area contributed by atoms with Gasteiger partial charge in [0.1, 0.15) is 0 Å². The molecular weight excluding hydrogens is 400 g/mol. The summed E-state index contributed by atoms with van der Waals surface area (Å²) in [7, 11) is 0. The van der Waals surface area contributed by atoms with Crippen molar-refractivity contribution in [2.45, 2.75) is 116 Å². The molecule has 184 valence electrons. The Bertz CT molecular complexity index is 442. The van der Waals surface area contributed by atoms with Crippen molar-refractivity contribution in [3.05, 3.63) is 0 Å². The minimum atomic E-state index is -1.98. The van der Waals surface area contributed by atoms with E-state index in [1.165, 1.54) is 0 Å². The van der Waals surface area contributed by atoms with Gasteiger partial charge in [-0.3, -0.25) is 4.79 Å². The maximum absolute atomic E-state index is 12.5. The molecule has 7 nitrogen and oxygen atoms in total. The molecule has 0 aliphatic carbocycles. The van der Waals surface area contributed by atoms with Crippen molar-refractivity contribution < 1.29 is 33.9 Å². The summed E-state index contributed by atoms with van der Waals surface area (Å²) >= 11 is 0. The van der Waals surface area contributed by atoms with Crippen molar-refractivity contribution in [3.8, 4) is 0 Å². The molecule has 0 spiro atoms. The van der Waals surface area contributed by atoms with E-state index in [1.807, 2.05) is 0 Å². The summed E-state index contributed by atoms with van der Waals surface area (Å²) in [4.78, 5) is 34.9. The number of esters is 2. The zero-order chi connectivity index (χ0) is 23.2. The molecule has 0 aromatic rings. The van der Waals surface area contributed by atoms with Crippen LogP contribution in [0.1, 0.15) is 111 Å². The standard InChI is InChI=1S/C24H46O7/c1-4-7-10-13-17-28-22(25)21-24(27,23(26)29-18-14-11-8-5-2)16-20-31-30-19-15-12-9-6-3/h27H,4-21H2,1-3H3. The van der Waals surface area contributed by atoms with Gasteiger partial charge in [0.25, 0.3) is 0 Å².